The van der Waals surface area contributed by atoms with Gasteiger partial charge >= 0.3 is 0 Å². The number of morpholine rings is 1. The average Bonchev–Trinajstić information content (AvgIpc) is 3.21. The van der Waals surface area contributed by atoms with Crippen LogP contribution in [0.5, 0.6) is 0 Å². The first kappa shape index (κ1) is 25.4. The molecule has 1 aliphatic rings. The largest absolute Gasteiger partial charge is 0.379 e. The molecule has 2 aromatic carbocycles. The fraction of sp³-hybridized carbons (Fsp3) is 0.370. The van der Waals surface area contributed by atoms with Crippen LogP contribution < -0.4 is 5.56 Å². The van der Waals surface area contributed by atoms with Crippen LogP contribution >= 0.6 is 35.3 Å². The zero-order valence-corrected chi connectivity index (χ0v) is 23.1. The molecule has 1 saturated heterocycles. The third-order valence-corrected chi connectivity index (χ3v) is 8.84. The summed E-state index contributed by atoms with van der Waals surface area (Å²) in [4.78, 5) is 21.3. The van der Waals surface area contributed by atoms with E-state index < -0.39 is 0 Å². The number of fused-ring (bicyclic) bond motifs is 1. The van der Waals surface area contributed by atoms with E-state index in [0.717, 1.165) is 67.0 Å². The first-order valence-electron chi connectivity index (χ1n) is 12.2. The number of para-hydroxylation sites is 1. The SMILES string of the molecule is Cc1cccc(C)c1-n1c(=S)sc2c(=O)n(CCc3ccccc3)c(SCCN3CCOCC3)nc21. The molecular formula is C27H30N4O2S3. The van der Waals surface area contributed by atoms with Gasteiger partial charge in [0.25, 0.3) is 5.56 Å². The molecule has 0 unspecified atom stereocenters. The predicted molar refractivity (Wildman–Crippen MR) is 152 cm³/mol. The van der Waals surface area contributed by atoms with Crippen molar-refractivity contribution >= 4 is 45.7 Å². The molecule has 0 atom stereocenters. The molecule has 0 saturated carbocycles. The second-order valence-corrected chi connectivity index (χ2v) is 11.7. The minimum Gasteiger partial charge on any atom is -0.379 e. The smallest absolute Gasteiger partial charge is 0.273 e. The molecule has 3 heterocycles. The molecule has 0 aliphatic carbocycles. The number of aryl methyl sites for hydroxylation is 3. The van der Waals surface area contributed by atoms with Gasteiger partial charge in [0, 0.05) is 31.9 Å². The lowest BCUT2D eigenvalue weighted by Crippen LogP contribution is -2.37. The van der Waals surface area contributed by atoms with Gasteiger partial charge in [0.05, 0.1) is 18.9 Å². The average molecular weight is 539 g/mol. The van der Waals surface area contributed by atoms with E-state index in [-0.39, 0.29) is 5.56 Å². The van der Waals surface area contributed by atoms with Crippen LogP contribution in [0.2, 0.25) is 0 Å². The first-order valence-corrected chi connectivity index (χ1v) is 14.4. The van der Waals surface area contributed by atoms with Crippen molar-refractivity contribution in [3.05, 3.63) is 79.5 Å². The molecule has 0 amide bonds. The lowest BCUT2D eigenvalue weighted by molar-refractivity contribution is 0.0410. The summed E-state index contributed by atoms with van der Waals surface area (Å²) in [6.07, 6.45) is 0.772. The van der Waals surface area contributed by atoms with E-state index in [1.54, 1.807) is 11.8 Å². The number of thiazole rings is 1. The highest BCUT2D eigenvalue weighted by Crippen LogP contribution is 2.29. The summed E-state index contributed by atoms with van der Waals surface area (Å²) in [5, 5.41) is 0.754. The number of ether oxygens (including phenoxy) is 1. The van der Waals surface area contributed by atoms with E-state index in [9.17, 15) is 4.79 Å². The Bertz CT molecular complexity index is 1450. The number of nitrogens with zero attached hydrogens (tertiary/aromatic N) is 4. The maximum absolute atomic E-state index is 13.8. The highest BCUT2D eigenvalue weighted by Gasteiger charge is 2.20. The number of benzene rings is 2. The minimum absolute atomic E-state index is 0.00843. The molecule has 188 valence electrons. The molecule has 9 heteroatoms. The third-order valence-electron chi connectivity index (χ3n) is 6.53. The summed E-state index contributed by atoms with van der Waals surface area (Å²) in [7, 11) is 0. The molecule has 1 fully saturated rings. The van der Waals surface area contributed by atoms with Crippen molar-refractivity contribution in [1.29, 1.82) is 0 Å². The van der Waals surface area contributed by atoms with Crippen molar-refractivity contribution in [3.8, 4) is 5.69 Å². The fourth-order valence-electron chi connectivity index (χ4n) is 4.61. The lowest BCUT2D eigenvalue weighted by atomic mass is 10.1. The predicted octanol–water partition coefficient (Wildman–Crippen LogP) is 5.26. The Morgan fingerprint density at radius 3 is 2.47 bits per heavy atom. The Morgan fingerprint density at radius 2 is 1.75 bits per heavy atom. The van der Waals surface area contributed by atoms with Gasteiger partial charge in [-0.25, -0.2) is 4.98 Å². The van der Waals surface area contributed by atoms with E-state index in [1.807, 2.05) is 33.4 Å². The molecule has 1 aliphatic heterocycles. The molecule has 6 nitrogen and oxygen atoms in total. The van der Waals surface area contributed by atoms with E-state index >= 15 is 0 Å². The Morgan fingerprint density at radius 1 is 1.03 bits per heavy atom. The molecule has 0 bridgehead atoms. The van der Waals surface area contributed by atoms with Gasteiger partial charge in [0.1, 0.15) is 4.70 Å². The van der Waals surface area contributed by atoms with Crippen LogP contribution in [0.3, 0.4) is 0 Å². The maximum atomic E-state index is 13.8. The zero-order chi connectivity index (χ0) is 25.1. The van der Waals surface area contributed by atoms with Gasteiger partial charge in [-0.3, -0.25) is 18.8 Å². The monoisotopic (exact) mass is 538 g/mol. The van der Waals surface area contributed by atoms with Gasteiger partial charge in [-0.05, 0) is 49.2 Å². The summed E-state index contributed by atoms with van der Waals surface area (Å²) in [6.45, 7) is 9.13. The number of hydrogen-bond donors (Lipinski definition) is 0. The second kappa shape index (κ2) is 11.4. The first-order chi connectivity index (χ1) is 17.5. The summed E-state index contributed by atoms with van der Waals surface area (Å²) >= 11 is 8.79. The van der Waals surface area contributed by atoms with Crippen molar-refractivity contribution in [3.63, 3.8) is 0 Å². The normalized spacial score (nSPS) is 14.5. The molecule has 36 heavy (non-hydrogen) atoms. The molecule has 0 N–H and O–H groups in total. The van der Waals surface area contributed by atoms with Gasteiger partial charge in [-0.1, -0.05) is 71.6 Å². The second-order valence-electron chi connectivity index (χ2n) is 8.99. The van der Waals surface area contributed by atoms with Gasteiger partial charge in [0.2, 0.25) is 0 Å². The molecule has 4 aromatic rings. The number of hydrogen-bond acceptors (Lipinski definition) is 7. The molecule has 0 radical (unpaired) electrons. The van der Waals surface area contributed by atoms with E-state index in [2.05, 4.69) is 43.0 Å². The van der Waals surface area contributed by atoms with Crippen LogP contribution in [0.25, 0.3) is 16.0 Å². The Kier molecular flexibility index (Phi) is 8.03. The number of aromatic nitrogens is 3. The van der Waals surface area contributed by atoms with Gasteiger partial charge in [-0.15, -0.1) is 0 Å². The number of thioether (sulfide) groups is 1. The topological polar surface area (TPSA) is 52.3 Å². The number of rotatable bonds is 8. The van der Waals surface area contributed by atoms with Crippen molar-refractivity contribution in [2.75, 3.05) is 38.6 Å². The van der Waals surface area contributed by atoms with Crippen LogP contribution in [-0.4, -0.2) is 57.6 Å². The van der Waals surface area contributed by atoms with Crippen LogP contribution in [0, 0.1) is 17.8 Å². The van der Waals surface area contributed by atoms with Gasteiger partial charge < -0.3 is 4.74 Å². The van der Waals surface area contributed by atoms with Crippen LogP contribution in [0.4, 0.5) is 0 Å². The Labute approximate surface area is 224 Å². The summed E-state index contributed by atoms with van der Waals surface area (Å²) in [5.74, 6) is 0.859. The third kappa shape index (κ3) is 5.35. The summed E-state index contributed by atoms with van der Waals surface area (Å²) in [6, 6.07) is 16.5. The lowest BCUT2D eigenvalue weighted by Gasteiger charge is -2.26. The highest BCUT2D eigenvalue weighted by molar-refractivity contribution is 7.99. The Balaban J connectivity index is 1.55. The Hall–Kier alpha value is -2.30. The molecule has 5 rings (SSSR count). The van der Waals surface area contributed by atoms with Gasteiger partial charge in [-0.2, -0.15) is 0 Å². The summed E-state index contributed by atoms with van der Waals surface area (Å²) < 4.78 is 10.6. The van der Waals surface area contributed by atoms with Crippen molar-refractivity contribution in [1.82, 2.24) is 19.0 Å². The van der Waals surface area contributed by atoms with Crippen molar-refractivity contribution in [2.45, 2.75) is 32.0 Å². The zero-order valence-electron chi connectivity index (χ0n) is 20.6. The minimum atomic E-state index is -0.00843. The highest BCUT2D eigenvalue weighted by atomic mass is 32.2. The van der Waals surface area contributed by atoms with Crippen molar-refractivity contribution in [2.24, 2.45) is 0 Å². The summed E-state index contributed by atoms with van der Waals surface area (Å²) in [5.41, 5.74) is 5.11. The van der Waals surface area contributed by atoms with Crippen LogP contribution in [0.1, 0.15) is 16.7 Å². The van der Waals surface area contributed by atoms with E-state index in [0.29, 0.717) is 20.8 Å². The maximum Gasteiger partial charge on any atom is 0.273 e. The van der Waals surface area contributed by atoms with Crippen molar-refractivity contribution < 1.29 is 4.74 Å². The quantitative estimate of drug-likeness (QED) is 0.173. The molecule has 2 aromatic heterocycles. The van der Waals surface area contributed by atoms with Crippen LogP contribution in [-0.2, 0) is 17.7 Å². The standard InChI is InChI=1S/C27H30N4O2S3/c1-19-7-6-8-20(2)22(19)31-24-23(36-27(31)34)25(32)30(12-11-21-9-4-3-5-10-21)26(28-24)35-18-15-29-13-16-33-17-14-29/h3-10H,11-18H2,1-2H3. The molecular weight excluding hydrogens is 509 g/mol. The van der Waals surface area contributed by atoms with E-state index in [1.165, 1.54) is 16.9 Å². The fourth-order valence-corrected chi connectivity index (χ4v) is 6.92. The van der Waals surface area contributed by atoms with E-state index in [4.69, 9.17) is 21.9 Å². The molecule has 0 spiro atoms. The van der Waals surface area contributed by atoms with Gasteiger partial charge in [0.15, 0.2) is 14.8 Å². The van der Waals surface area contributed by atoms with Crippen LogP contribution in [0.15, 0.2) is 58.5 Å².